The molecule has 0 saturated heterocycles. The topological polar surface area (TPSA) is 44.8 Å². The molecule has 0 bridgehead atoms. The van der Waals surface area contributed by atoms with Crippen LogP contribution < -0.4 is 0 Å². The van der Waals surface area contributed by atoms with Gasteiger partial charge in [-0.1, -0.05) is 0 Å². The first-order valence-corrected chi connectivity index (χ1v) is 4.34. The number of rotatable bonds is 3. The van der Waals surface area contributed by atoms with E-state index in [0.717, 1.165) is 24.2 Å². The molecule has 0 radical (unpaired) electrons. The van der Waals surface area contributed by atoms with Gasteiger partial charge in [0.2, 0.25) is 0 Å². The van der Waals surface area contributed by atoms with E-state index in [0.29, 0.717) is 0 Å². The first-order chi connectivity index (χ1) is 5.75. The molecule has 12 heavy (non-hydrogen) atoms. The molecule has 0 unspecified atom stereocenters. The Balaban J connectivity index is 1.93. The fourth-order valence-electron chi connectivity index (χ4n) is 1.33. The van der Waals surface area contributed by atoms with Gasteiger partial charge in [-0.05, 0) is 26.8 Å². The van der Waals surface area contributed by atoms with Crippen LogP contribution in [0.25, 0.3) is 0 Å². The van der Waals surface area contributed by atoms with Crippen LogP contribution in [0.15, 0.2) is 0 Å². The Morgan fingerprint density at radius 1 is 1.58 bits per heavy atom. The summed E-state index contributed by atoms with van der Waals surface area (Å²) < 4.78 is 0. The van der Waals surface area contributed by atoms with Crippen LogP contribution in [0.3, 0.4) is 0 Å². The summed E-state index contributed by atoms with van der Waals surface area (Å²) in [4.78, 5) is 6.56. The minimum atomic E-state index is 0.781. The zero-order valence-corrected chi connectivity index (χ0v) is 7.54. The van der Waals surface area contributed by atoms with Crippen molar-refractivity contribution >= 4 is 0 Å². The Morgan fingerprint density at radius 2 is 2.33 bits per heavy atom. The van der Waals surface area contributed by atoms with Crippen LogP contribution >= 0.6 is 0 Å². The fraction of sp³-hybridized carbons (Fsp3) is 0.750. The molecule has 1 fully saturated rings. The number of aromatic amines is 1. The molecular weight excluding hydrogens is 152 g/mol. The second kappa shape index (κ2) is 2.86. The Morgan fingerprint density at radius 3 is 2.83 bits per heavy atom. The second-order valence-electron chi connectivity index (χ2n) is 3.48. The molecular formula is C8H14N4. The van der Waals surface area contributed by atoms with Crippen LogP contribution in [0.4, 0.5) is 0 Å². The first-order valence-electron chi connectivity index (χ1n) is 4.34. The molecule has 1 aliphatic rings. The van der Waals surface area contributed by atoms with Crippen LogP contribution in [0, 0.1) is 6.92 Å². The van der Waals surface area contributed by atoms with Crippen molar-refractivity contribution in [2.24, 2.45) is 0 Å². The van der Waals surface area contributed by atoms with Crippen LogP contribution in [0.1, 0.15) is 24.5 Å². The van der Waals surface area contributed by atoms with Gasteiger partial charge in [0.1, 0.15) is 5.82 Å². The monoisotopic (exact) mass is 166 g/mol. The number of H-pyrrole nitrogens is 1. The van der Waals surface area contributed by atoms with Gasteiger partial charge < -0.3 is 0 Å². The summed E-state index contributed by atoms with van der Waals surface area (Å²) >= 11 is 0. The molecule has 66 valence electrons. The first kappa shape index (κ1) is 7.73. The predicted molar refractivity (Wildman–Crippen MR) is 45.6 cm³/mol. The van der Waals surface area contributed by atoms with E-state index in [4.69, 9.17) is 0 Å². The maximum atomic E-state index is 4.25. The minimum Gasteiger partial charge on any atom is -0.296 e. The number of hydrogen-bond acceptors (Lipinski definition) is 3. The zero-order chi connectivity index (χ0) is 8.55. The summed E-state index contributed by atoms with van der Waals surface area (Å²) in [6.45, 7) is 2.79. The molecule has 1 heterocycles. The van der Waals surface area contributed by atoms with Crippen molar-refractivity contribution in [3.05, 3.63) is 11.6 Å². The molecule has 2 rings (SSSR count). The van der Waals surface area contributed by atoms with Gasteiger partial charge in [-0.15, -0.1) is 0 Å². The predicted octanol–water partition coefficient (Wildman–Crippen LogP) is 0.707. The van der Waals surface area contributed by atoms with E-state index in [2.05, 4.69) is 27.1 Å². The van der Waals surface area contributed by atoms with Gasteiger partial charge in [0.05, 0.1) is 6.54 Å². The lowest BCUT2D eigenvalue weighted by molar-refractivity contribution is 0.308. The van der Waals surface area contributed by atoms with Crippen molar-refractivity contribution in [1.29, 1.82) is 0 Å². The van der Waals surface area contributed by atoms with Gasteiger partial charge in [-0.3, -0.25) is 10.00 Å². The summed E-state index contributed by atoms with van der Waals surface area (Å²) in [7, 11) is 2.13. The standard InChI is InChI=1S/C8H14N4/c1-6-9-8(11-10-6)5-12(2)7-3-4-7/h7H,3-5H2,1-2H3,(H,9,10,11). The molecule has 1 N–H and O–H groups in total. The fourth-order valence-corrected chi connectivity index (χ4v) is 1.33. The number of hydrogen-bond donors (Lipinski definition) is 1. The SMILES string of the molecule is Cc1nc(CN(C)C2CC2)n[nH]1. The van der Waals surface area contributed by atoms with Gasteiger partial charge in [0, 0.05) is 6.04 Å². The summed E-state index contributed by atoms with van der Waals surface area (Å²) in [5, 5.41) is 6.93. The molecule has 1 aliphatic carbocycles. The van der Waals surface area contributed by atoms with Gasteiger partial charge in [-0.25, -0.2) is 4.98 Å². The minimum absolute atomic E-state index is 0.781. The number of nitrogens with one attached hydrogen (secondary N) is 1. The lowest BCUT2D eigenvalue weighted by atomic mass is 10.5. The third kappa shape index (κ3) is 1.64. The van der Waals surface area contributed by atoms with E-state index in [1.54, 1.807) is 0 Å². The van der Waals surface area contributed by atoms with Crippen molar-refractivity contribution in [1.82, 2.24) is 20.1 Å². The summed E-state index contributed by atoms with van der Waals surface area (Å²) in [6, 6.07) is 0.781. The van der Waals surface area contributed by atoms with Crippen LogP contribution in [-0.2, 0) is 6.54 Å². The lowest BCUT2D eigenvalue weighted by Gasteiger charge is -2.11. The average molecular weight is 166 g/mol. The third-order valence-electron chi connectivity index (χ3n) is 2.20. The molecule has 1 saturated carbocycles. The lowest BCUT2D eigenvalue weighted by Crippen LogP contribution is -2.20. The van der Waals surface area contributed by atoms with Gasteiger partial charge in [0.25, 0.3) is 0 Å². The molecule has 4 nitrogen and oxygen atoms in total. The third-order valence-corrected chi connectivity index (χ3v) is 2.20. The highest BCUT2D eigenvalue weighted by Gasteiger charge is 2.26. The van der Waals surface area contributed by atoms with Crippen molar-refractivity contribution in [2.45, 2.75) is 32.4 Å². The zero-order valence-electron chi connectivity index (χ0n) is 7.54. The van der Waals surface area contributed by atoms with Crippen molar-refractivity contribution in [2.75, 3.05) is 7.05 Å². The van der Waals surface area contributed by atoms with Crippen molar-refractivity contribution in [3.63, 3.8) is 0 Å². The van der Waals surface area contributed by atoms with E-state index < -0.39 is 0 Å². The van der Waals surface area contributed by atoms with Crippen LogP contribution in [-0.4, -0.2) is 33.2 Å². The second-order valence-corrected chi connectivity index (χ2v) is 3.48. The smallest absolute Gasteiger partial charge is 0.164 e. The molecule has 0 atom stereocenters. The normalized spacial score (nSPS) is 17.2. The molecule has 4 heteroatoms. The summed E-state index contributed by atoms with van der Waals surface area (Å²) in [5.74, 6) is 1.80. The number of aromatic nitrogens is 3. The molecule has 1 aromatic heterocycles. The summed E-state index contributed by atoms with van der Waals surface area (Å²) in [6.07, 6.45) is 2.67. The van der Waals surface area contributed by atoms with Gasteiger partial charge in [-0.2, -0.15) is 5.10 Å². The van der Waals surface area contributed by atoms with Gasteiger partial charge >= 0.3 is 0 Å². The molecule has 1 aromatic rings. The Kier molecular flexibility index (Phi) is 1.84. The Hall–Kier alpha value is -0.900. The Labute approximate surface area is 72.0 Å². The Bertz CT molecular complexity index is 264. The van der Waals surface area contributed by atoms with E-state index in [-0.39, 0.29) is 0 Å². The van der Waals surface area contributed by atoms with Crippen LogP contribution in [0.5, 0.6) is 0 Å². The molecule has 0 amide bonds. The van der Waals surface area contributed by atoms with Crippen molar-refractivity contribution in [3.8, 4) is 0 Å². The maximum absolute atomic E-state index is 4.25. The van der Waals surface area contributed by atoms with E-state index in [1.807, 2.05) is 6.92 Å². The molecule has 0 spiro atoms. The highest BCUT2D eigenvalue weighted by molar-refractivity contribution is 4.90. The maximum Gasteiger partial charge on any atom is 0.164 e. The average Bonchev–Trinajstić information content (AvgIpc) is 2.78. The van der Waals surface area contributed by atoms with Gasteiger partial charge in [0.15, 0.2) is 5.82 Å². The van der Waals surface area contributed by atoms with E-state index in [9.17, 15) is 0 Å². The number of nitrogens with zero attached hydrogens (tertiary/aromatic N) is 3. The van der Waals surface area contributed by atoms with Crippen LogP contribution in [0.2, 0.25) is 0 Å². The summed E-state index contributed by atoms with van der Waals surface area (Å²) in [5.41, 5.74) is 0. The highest BCUT2D eigenvalue weighted by Crippen LogP contribution is 2.25. The van der Waals surface area contributed by atoms with E-state index in [1.165, 1.54) is 12.8 Å². The number of aryl methyl sites for hydroxylation is 1. The highest BCUT2D eigenvalue weighted by atomic mass is 15.3. The molecule has 0 aliphatic heterocycles. The van der Waals surface area contributed by atoms with Crippen molar-refractivity contribution < 1.29 is 0 Å². The largest absolute Gasteiger partial charge is 0.296 e. The molecule has 0 aromatic carbocycles. The quantitative estimate of drug-likeness (QED) is 0.719. The van der Waals surface area contributed by atoms with E-state index >= 15 is 0 Å².